The van der Waals surface area contributed by atoms with Gasteiger partial charge in [0, 0.05) is 41.8 Å². The Kier molecular flexibility index (Phi) is 4.38. The first-order valence-electron chi connectivity index (χ1n) is 4.48. The van der Waals surface area contributed by atoms with E-state index < -0.39 is 10.8 Å². The van der Waals surface area contributed by atoms with Crippen molar-refractivity contribution in [1.82, 2.24) is 10.6 Å². The zero-order valence-electron chi connectivity index (χ0n) is 7.84. The number of nitrogens with one attached hydrogen (secondary N) is 2. The lowest BCUT2D eigenvalue weighted by atomic mass is 10.1. The maximum atomic E-state index is 11.1. The Morgan fingerprint density at radius 1 is 1.69 bits per heavy atom. The summed E-state index contributed by atoms with van der Waals surface area (Å²) in [5.41, 5.74) is 0. The first kappa shape index (κ1) is 10.7. The van der Waals surface area contributed by atoms with E-state index in [1.807, 2.05) is 0 Å². The number of carbonyl (C=O) groups excluding carboxylic acids is 1. The minimum Gasteiger partial charge on any atom is -0.355 e. The molecule has 76 valence electrons. The summed E-state index contributed by atoms with van der Waals surface area (Å²) in [5, 5.41) is 6.00. The van der Waals surface area contributed by atoms with E-state index in [2.05, 4.69) is 10.6 Å². The van der Waals surface area contributed by atoms with Crippen LogP contribution in [0.25, 0.3) is 0 Å². The van der Waals surface area contributed by atoms with Gasteiger partial charge in [-0.3, -0.25) is 9.00 Å². The third-order valence-electron chi connectivity index (χ3n) is 2.09. The predicted octanol–water partition coefficient (Wildman–Crippen LogP) is -0.767. The van der Waals surface area contributed by atoms with Gasteiger partial charge in [-0.05, 0) is 13.0 Å². The normalized spacial score (nSPS) is 23.3. The molecule has 1 amide bonds. The van der Waals surface area contributed by atoms with Crippen molar-refractivity contribution in [2.45, 2.75) is 18.9 Å². The van der Waals surface area contributed by atoms with Gasteiger partial charge in [-0.25, -0.2) is 0 Å². The van der Waals surface area contributed by atoms with Crippen molar-refractivity contribution < 1.29 is 9.00 Å². The Morgan fingerprint density at radius 2 is 2.38 bits per heavy atom. The van der Waals surface area contributed by atoms with Crippen LogP contribution in [0.5, 0.6) is 0 Å². The van der Waals surface area contributed by atoms with E-state index in [-0.39, 0.29) is 5.91 Å². The molecular formula is C8H16N2O2S. The van der Waals surface area contributed by atoms with Gasteiger partial charge in [0.25, 0.3) is 0 Å². The highest BCUT2D eigenvalue weighted by atomic mass is 32.2. The van der Waals surface area contributed by atoms with Crippen LogP contribution in [0.4, 0.5) is 0 Å². The SMILES string of the molecule is CS(=O)CCC(=O)NCC1CCN1. The molecule has 0 aromatic heterocycles. The molecule has 0 aromatic rings. The Morgan fingerprint density at radius 3 is 2.85 bits per heavy atom. The number of amides is 1. The highest BCUT2D eigenvalue weighted by molar-refractivity contribution is 7.84. The molecule has 1 heterocycles. The summed E-state index contributed by atoms with van der Waals surface area (Å²) in [6.07, 6.45) is 3.12. The van der Waals surface area contributed by atoms with E-state index in [9.17, 15) is 9.00 Å². The van der Waals surface area contributed by atoms with E-state index in [1.165, 1.54) is 0 Å². The molecule has 5 heteroatoms. The monoisotopic (exact) mass is 204 g/mol. The van der Waals surface area contributed by atoms with Crippen molar-refractivity contribution in [2.75, 3.05) is 25.1 Å². The fraction of sp³-hybridized carbons (Fsp3) is 0.875. The van der Waals surface area contributed by atoms with Gasteiger partial charge in [0.2, 0.25) is 5.91 Å². The number of hydrogen-bond donors (Lipinski definition) is 2. The van der Waals surface area contributed by atoms with E-state index in [0.717, 1.165) is 13.0 Å². The fourth-order valence-corrected chi connectivity index (χ4v) is 1.56. The topological polar surface area (TPSA) is 58.2 Å². The molecule has 1 aliphatic rings. The van der Waals surface area contributed by atoms with Gasteiger partial charge in [0.05, 0.1) is 0 Å². The van der Waals surface area contributed by atoms with Crippen LogP contribution in [0.15, 0.2) is 0 Å². The third-order valence-corrected chi connectivity index (χ3v) is 2.87. The van der Waals surface area contributed by atoms with Crippen LogP contribution < -0.4 is 10.6 Å². The van der Waals surface area contributed by atoms with Crippen LogP contribution in [0.3, 0.4) is 0 Å². The second-order valence-corrected chi connectivity index (χ2v) is 4.83. The van der Waals surface area contributed by atoms with Crippen molar-refractivity contribution in [3.05, 3.63) is 0 Å². The molecule has 0 aromatic carbocycles. The zero-order valence-corrected chi connectivity index (χ0v) is 8.65. The summed E-state index contributed by atoms with van der Waals surface area (Å²) in [6, 6.07) is 0.455. The molecule has 4 nitrogen and oxygen atoms in total. The maximum Gasteiger partial charge on any atom is 0.220 e. The Hall–Kier alpha value is -0.420. The first-order valence-corrected chi connectivity index (χ1v) is 6.21. The van der Waals surface area contributed by atoms with Crippen LogP contribution >= 0.6 is 0 Å². The number of rotatable bonds is 5. The summed E-state index contributed by atoms with van der Waals surface area (Å²) in [4.78, 5) is 11.1. The van der Waals surface area contributed by atoms with E-state index in [0.29, 0.717) is 24.8 Å². The molecule has 0 bridgehead atoms. The molecular weight excluding hydrogens is 188 g/mol. The summed E-state index contributed by atoms with van der Waals surface area (Å²) >= 11 is 0. The standard InChI is InChI=1S/C8H16N2O2S/c1-13(12)5-3-8(11)10-6-7-2-4-9-7/h7,9H,2-6H2,1H3,(H,10,11). The zero-order chi connectivity index (χ0) is 9.68. The van der Waals surface area contributed by atoms with Gasteiger partial charge in [0.1, 0.15) is 0 Å². The lowest BCUT2D eigenvalue weighted by Gasteiger charge is -2.27. The van der Waals surface area contributed by atoms with E-state index in [4.69, 9.17) is 0 Å². The summed E-state index contributed by atoms with van der Waals surface area (Å²) in [5.74, 6) is 0.466. The molecule has 0 radical (unpaired) electrons. The Labute approximate surface area is 80.9 Å². The van der Waals surface area contributed by atoms with Crippen molar-refractivity contribution in [3.63, 3.8) is 0 Å². The maximum absolute atomic E-state index is 11.1. The third kappa shape index (κ3) is 4.38. The van der Waals surface area contributed by atoms with Gasteiger partial charge in [-0.15, -0.1) is 0 Å². The van der Waals surface area contributed by atoms with E-state index in [1.54, 1.807) is 6.26 Å². The highest BCUT2D eigenvalue weighted by Gasteiger charge is 2.16. The summed E-state index contributed by atoms with van der Waals surface area (Å²) in [6.45, 7) is 1.76. The Balaban J connectivity index is 2.00. The highest BCUT2D eigenvalue weighted by Crippen LogP contribution is 1.99. The molecule has 0 aliphatic carbocycles. The van der Waals surface area contributed by atoms with Gasteiger partial charge in [-0.1, -0.05) is 0 Å². The average Bonchev–Trinajstić information content (AvgIpc) is 1.98. The average molecular weight is 204 g/mol. The second kappa shape index (κ2) is 5.34. The molecule has 1 rings (SSSR count). The number of carbonyl (C=O) groups is 1. The van der Waals surface area contributed by atoms with Crippen molar-refractivity contribution in [1.29, 1.82) is 0 Å². The smallest absolute Gasteiger partial charge is 0.220 e. The summed E-state index contributed by atoms with van der Waals surface area (Å²) < 4.78 is 10.7. The molecule has 0 saturated carbocycles. The lowest BCUT2D eigenvalue weighted by molar-refractivity contribution is -0.120. The van der Waals surface area contributed by atoms with Crippen molar-refractivity contribution in [2.24, 2.45) is 0 Å². The van der Waals surface area contributed by atoms with Gasteiger partial charge >= 0.3 is 0 Å². The van der Waals surface area contributed by atoms with Crippen LogP contribution in [0.1, 0.15) is 12.8 Å². The molecule has 13 heavy (non-hydrogen) atoms. The molecule has 2 unspecified atom stereocenters. The van der Waals surface area contributed by atoms with Crippen LogP contribution in [0.2, 0.25) is 0 Å². The molecule has 1 saturated heterocycles. The molecule has 2 atom stereocenters. The molecule has 1 fully saturated rings. The quantitative estimate of drug-likeness (QED) is 0.618. The molecule has 2 N–H and O–H groups in total. The fourth-order valence-electron chi connectivity index (χ4n) is 1.08. The largest absolute Gasteiger partial charge is 0.355 e. The van der Waals surface area contributed by atoms with Crippen LogP contribution in [-0.2, 0) is 15.6 Å². The molecule has 1 aliphatic heterocycles. The van der Waals surface area contributed by atoms with Crippen molar-refractivity contribution >= 4 is 16.7 Å². The minimum atomic E-state index is -0.865. The lowest BCUT2D eigenvalue weighted by Crippen LogP contribution is -2.50. The molecule has 0 spiro atoms. The van der Waals surface area contributed by atoms with Gasteiger partial charge in [0.15, 0.2) is 0 Å². The van der Waals surface area contributed by atoms with Crippen LogP contribution in [0, 0.1) is 0 Å². The first-order chi connectivity index (χ1) is 6.18. The minimum absolute atomic E-state index is 0.00361. The van der Waals surface area contributed by atoms with Crippen molar-refractivity contribution in [3.8, 4) is 0 Å². The van der Waals surface area contributed by atoms with Gasteiger partial charge < -0.3 is 10.6 Å². The summed E-state index contributed by atoms with van der Waals surface area (Å²) in [7, 11) is -0.865. The Bertz CT molecular complexity index is 204. The number of hydrogen-bond acceptors (Lipinski definition) is 3. The second-order valence-electron chi connectivity index (χ2n) is 3.27. The van der Waals surface area contributed by atoms with Crippen LogP contribution in [-0.4, -0.2) is 41.3 Å². The predicted molar refractivity (Wildman–Crippen MR) is 53.0 cm³/mol. The van der Waals surface area contributed by atoms with E-state index >= 15 is 0 Å². The van der Waals surface area contributed by atoms with Gasteiger partial charge in [-0.2, -0.15) is 0 Å².